The van der Waals surface area contributed by atoms with Crippen molar-refractivity contribution in [1.82, 2.24) is 0 Å². The van der Waals surface area contributed by atoms with Gasteiger partial charge in [0.25, 0.3) is 10.0 Å². The Labute approximate surface area is 178 Å². The van der Waals surface area contributed by atoms with E-state index < -0.39 is 15.8 Å². The summed E-state index contributed by atoms with van der Waals surface area (Å²) in [6, 6.07) is 23.1. The first-order valence-electron chi connectivity index (χ1n) is 9.14. The van der Waals surface area contributed by atoms with Crippen molar-refractivity contribution in [2.45, 2.75) is 15.5 Å². The molecule has 2 N–H and O–H groups in total. The van der Waals surface area contributed by atoms with Crippen LogP contribution < -0.4 is 4.72 Å². The summed E-state index contributed by atoms with van der Waals surface area (Å²) in [5, 5.41) is 11.9. The average molecular weight is 440 g/mol. The third kappa shape index (κ3) is 4.27. The lowest BCUT2D eigenvalue weighted by Crippen LogP contribution is -2.13. The maximum absolute atomic E-state index is 13.2. The molecule has 0 amide bonds. The number of hydrogen-bond acceptors (Lipinski definition) is 4. The molecule has 4 aromatic rings. The first kappa shape index (κ1) is 20.3. The van der Waals surface area contributed by atoms with E-state index in [0.29, 0.717) is 27.1 Å². The highest BCUT2D eigenvalue weighted by molar-refractivity contribution is 7.98. The maximum Gasteiger partial charge on any atom is 0.261 e. The fourth-order valence-corrected chi connectivity index (χ4v) is 5.11. The summed E-state index contributed by atoms with van der Waals surface area (Å²) in [7, 11) is -3.93. The van der Waals surface area contributed by atoms with Crippen LogP contribution in [-0.4, -0.2) is 13.5 Å². The lowest BCUT2D eigenvalue weighted by atomic mass is 10.1. The summed E-state index contributed by atoms with van der Waals surface area (Å²) in [5.74, 6) is 0.219. The third-order valence-electron chi connectivity index (χ3n) is 4.59. The van der Waals surface area contributed by atoms with Crippen LogP contribution in [0.4, 0.5) is 10.1 Å². The van der Waals surface area contributed by atoms with Gasteiger partial charge in [-0.3, -0.25) is 4.72 Å². The zero-order chi connectivity index (χ0) is 21.1. The molecule has 4 rings (SSSR count). The number of nitrogens with one attached hydrogen (secondary N) is 1. The summed E-state index contributed by atoms with van der Waals surface area (Å²) in [4.78, 5) is 0.522. The average Bonchev–Trinajstić information content (AvgIpc) is 2.76. The van der Waals surface area contributed by atoms with Gasteiger partial charge in [0.15, 0.2) is 0 Å². The van der Waals surface area contributed by atoms with E-state index in [1.807, 2.05) is 30.3 Å². The second kappa shape index (κ2) is 8.38. The van der Waals surface area contributed by atoms with Gasteiger partial charge < -0.3 is 5.11 Å². The van der Waals surface area contributed by atoms with Crippen molar-refractivity contribution in [1.29, 1.82) is 0 Å². The lowest BCUT2D eigenvalue weighted by molar-refractivity contribution is 0.469. The van der Waals surface area contributed by atoms with Crippen LogP contribution in [0.5, 0.6) is 5.75 Å². The highest BCUT2D eigenvalue weighted by Crippen LogP contribution is 2.41. The van der Waals surface area contributed by atoms with Crippen LogP contribution in [0.3, 0.4) is 0 Å². The minimum Gasteiger partial charge on any atom is -0.506 e. The number of halogens is 1. The molecule has 0 aliphatic carbocycles. The van der Waals surface area contributed by atoms with Crippen molar-refractivity contribution in [3.8, 4) is 5.75 Å². The number of phenols is 1. The highest BCUT2D eigenvalue weighted by Gasteiger charge is 2.18. The van der Waals surface area contributed by atoms with E-state index in [1.165, 1.54) is 23.9 Å². The van der Waals surface area contributed by atoms with Crippen molar-refractivity contribution >= 4 is 38.2 Å². The van der Waals surface area contributed by atoms with E-state index in [2.05, 4.69) is 4.72 Å². The fourth-order valence-electron chi connectivity index (χ4n) is 3.08. The molecule has 0 aliphatic rings. The summed E-state index contributed by atoms with van der Waals surface area (Å²) in [6.07, 6.45) is 0. The predicted molar refractivity (Wildman–Crippen MR) is 119 cm³/mol. The van der Waals surface area contributed by atoms with Crippen LogP contribution in [0, 0.1) is 5.82 Å². The Bertz CT molecular complexity index is 1290. The topological polar surface area (TPSA) is 66.4 Å². The van der Waals surface area contributed by atoms with E-state index in [9.17, 15) is 17.9 Å². The minimum atomic E-state index is -3.93. The quantitative estimate of drug-likeness (QED) is 0.295. The monoisotopic (exact) mass is 439 g/mol. The van der Waals surface area contributed by atoms with Crippen LogP contribution >= 0.6 is 11.8 Å². The van der Waals surface area contributed by atoms with Gasteiger partial charge in [0.1, 0.15) is 11.6 Å². The molecule has 4 aromatic carbocycles. The molecular weight excluding hydrogens is 421 g/mol. The second-order valence-corrected chi connectivity index (χ2v) is 9.35. The van der Waals surface area contributed by atoms with E-state index in [4.69, 9.17) is 0 Å². The highest BCUT2D eigenvalue weighted by atomic mass is 32.2. The Kier molecular flexibility index (Phi) is 5.65. The van der Waals surface area contributed by atoms with Crippen LogP contribution in [0.25, 0.3) is 10.8 Å². The van der Waals surface area contributed by atoms with Gasteiger partial charge >= 0.3 is 0 Å². The Morgan fingerprint density at radius 3 is 2.20 bits per heavy atom. The number of anilines is 1. The van der Waals surface area contributed by atoms with E-state index >= 15 is 0 Å². The number of phenolic OH excluding ortho intramolecular Hbond substituents is 1. The van der Waals surface area contributed by atoms with Crippen molar-refractivity contribution in [2.24, 2.45) is 0 Å². The number of sulfonamides is 1. The zero-order valence-corrected chi connectivity index (χ0v) is 17.4. The zero-order valence-electron chi connectivity index (χ0n) is 15.7. The SMILES string of the molecule is O=S(=O)(Nc1cc(SCc2ccccc2)c(O)c2ccccc12)c1ccc(F)cc1. The van der Waals surface area contributed by atoms with Crippen molar-refractivity contribution in [3.05, 3.63) is 96.3 Å². The van der Waals surface area contributed by atoms with Gasteiger partial charge in [0.2, 0.25) is 0 Å². The Morgan fingerprint density at radius 2 is 1.50 bits per heavy atom. The number of fused-ring (bicyclic) bond motifs is 1. The van der Waals surface area contributed by atoms with Gasteiger partial charge in [-0.2, -0.15) is 0 Å². The summed E-state index contributed by atoms with van der Waals surface area (Å²) in [5.41, 5.74) is 1.44. The molecule has 0 saturated carbocycles. The predicted octanol–water partition coefficient (Wildman–Crippen LogP) is 5.78. The number of thioether (sulfide) groups is 1. The molecule has 0 aromatic heterocycles. The number of rotatable bonds is 6. The molecule has 7 heteroatoms. The van der Waals surface area contributed by atoms with Gasteiger partial charge in [-0.25, -0.2) is 12.8 Å². The Morgan fingerprint density at radius 1 is 0.867 bits per heavy atom. The Balaban J connectivity index is 1.73. The van der Waals surface area contributed by atoms with Gasteiger partial charge in [0.05, 0.1) is 15.5 Å². The van der Waals surface area contributed by atoms with Crippen LogP contribution in [0.15, 0.2) is 94.7 Å². The van der Waals surface area contributed by atoms with E-state index in [1.54, 1.807) is 30.3 Å². The normalized spacial score (nSPS) is 11.5. The van der Waals surface area contributed by atoms with Crippen molar-refractivity contribution < 1.29 is 17.9 Å². The van der Waals surface area contributed by atoms with Crippen molar-refractivity contribution in [2.75, 3.05) is 4.72 Å². The van der Waals surface area contributed by atoms with Crippen LogP contribution in [0.1, 0.15) is 5.56 Å². The summed E-state index contributed by atoms with van der Waals surface area (Å²) >= 11 is 1.42. The number of aromatic hydroxyl groups is 1. The number of hydrogen-bond donors (Lipinski definition) is 2. The fraction of sp³-hybridized carbons (Fsp3) is 0.0435. The molecule has 0 heterocycles. The van der Waals surface area contributed by atoms with Crippen molar-refractivity contribution in [3.63, 3.8) is 0 Å². The number of benzene rings is 4. The molecule has 152 valence electrons. The standard InChI is InChI=1S/C23H18FNO3S2/c24-17-10-12-18(13-11-17)30(27,28)25-21-14-22(29-15-16-6-2-1-3-7-16)23(26)20-9-5-4-8-19(20)21/h1-14,25-26H,15H2. The van der Waals surface area contributed by atoms with Gasteiger partial charge in [-0.05, 0) is 35.9 Å². The van der Waals surface area contributed by atoms with E-state index in [-0.39, 0.29) is 10.6 Å². The molecule has 0 fully saturated rings. The first-order valence-corrected chi connectivity index (χ1v) is 11.6. The van der Waals surface area contributed by atoms with Gasteiger partial charge in [-0.15, -0.1) is 11.8 Å². The minimum absolute atomic E-state index is 0.0421. The third-order valence-corrected chi connectivity index (χ3v) is 7.07. The summed E-state index contributed by atoms with van der Waals surface area (Å²) < 4.78 is 41.4. The van der Waals surface area contributed by atoms with Crippen LogP contribution in [-0.2, 0) is 15.8 Å². The van der Waals surface area contributed by atoms with Crippen LogP contribution in [0.2, 0.25) is 0 Å². The van der Waals surface area contributed by atoms with Gasteiger partial charge in [0, 0.05) is 16.5 Å². The van der Waals surface area contributed by atoms with Gasteiger partial charge in [-0.1, -0.05) is 54.6 Å². The molecule has 0 saturated heterocycles. The summed E-state index contributed by atoms with van der Waals surface area (Å²) in [6.45, 7) is 0. The molecule has 4 nitrogen and oxygen atoms in total. The molecule has 0 atom stereocenters. The lowest BCUT2D eigenvalue weighted by Gasteiger charge is -2.15. The Hall–Kier alpha value is -3.03. The molecule has 0 radical (unpaired) electrons. The molecule has 0 unspecified atom stereocenters. The smallest absolute Gasteiger partial charge is 0.261 e. The molecular formula is C23H18FNO3S2. The molecule has 0 bridgehead atoms. The largest absolute Gasteiger partial charge is 0.506 e. The molecule has 30 heavy (non-hydrogen) atoms. The molecule has 0 spiro atoms. The molecule has 0 aliphatic heterocycles. The second-order valence-electron chi connectivity index (χ2n) is 6.65. The maximum atomic E-state index is 13.2. The first-order chi connectivity index (χ1) is 14.4. The van der Waals surface area contributed by atoms with E-state index in [0.717, 1.165) is 17.7 Å².